The predicted molar refractivity (Wildman–Crippen MR) is 102 cm³/mol. The quantitative estimate of drug-likeness (QED) is 0.845. The first-order valence-electron chi connectivity index (χ1n) is 8.36. The number of urea groups is 1. The van der Waals surface area contributed by atoms with E-state index in [4.69, 9.17) is 14.3 Å². The molecule has 0 aliphatic carbocycles. The molecule has 0 fully saturated rings. The van der Waals surface area contributed by atoms with Gasteiger partial charge in [-0.1, -0.05) is 23.4 Å². The van der Waals surface area contributed by atoms with Crippen molar-refractivity contribution in [2.75, 3.05) is 19.5 Å². The molecule has 2 amide bonds. The third kappa shape index (κ3) is 3.89. The Kier molecular flexibility index (Phi) is 5.07. The van der Waals surface area contributed by atoms with Gasteiger partial charge in [-0.2, -0.15) is 0 Å². The van der Waals surface area contributed by atoms with Crippen molar-refractivity contribution in [3.05, 3.63) is 54.1 Å². The topological polar surface area (TPSA) is 84.4 Å². The Morgan fingerprint density at radius 3 is 2.52 bits per heavy atom. The summed E-state index contributed by atoms with van der Waals surface area (Å²) < 4.78 is 10.7. The molecule has 0 atom stereocenters. The zero-order chi connectivity index (χ0) is 19.4. The summed E-state index contributed by atoms with van der Waals surface area (Å²) in [5, 5.41) is 8.47. The van der Waals surface area contributed by atoms with Crippen LogP contribution in [0.15, 0.2) is 53.7 Å². The SMILES string of the molecule is COc1ccc(C2=NOC(C)(C)N2NC(=O)Nc2ccccc2)c(OC)c1. The van der Waals surface area contributed by atoms with E-state index >= 15 is 0 Å². The van der Waals surface area contributed by atoms with Gasteiger partial charge in [0.05, 0.1) is 19.8 Å². The van der Waals surface area contributed by atoms with Crippen LogP contribution in [0.1, 0.15) is 19.4 Å². The maximum Gasteiger partial charge on any atom is 0.338 e. The number of methoxy groups -OCH3 is 2. The number of nitrogens with one attached hydrogen (secondary N) is 2. The van der Waals surface area contributed by atoms with Crippen LogP contribution in [0.4, 0.5) is 10.5 Å². The number of hydrogen-bond acceptors (Lipinski definition) is 6. The molecule has 3 rings (SSSR count). The average molecular weight is 370 g/mol. The van der Waals surface area contributed by atoms with Gasteiger partial charge >= 0.3 is 6.03 Å². The molecule has 0 spiro atoms. The van der Waals surface area contributed by atoms with Gasteiger partial charge in [0.1, 0.15) is 11.5 Å². The number of carbonyl (C=O) groups is 1. The summed E-state index contributed by atoms with van der Waals surface area (Å²) >= 11 is 0. The summed E-state index contributed by atoms with van der Waals surface area (Å²) in [7, 11) is 3.13. The molecule has 0 aromatic heterocycles. The third-order valence-corrected chi connectivity index (χ3v) is 4.00. The molecule has 0 saturated carbocycles. The number of anilines is 1. The predicted octanol–water partition coefficient (Wildman–Crippen LogP) is 3.17. The number of ether oxygens (including phenoxy) is 2. The zero-order valence-corrected chi connectivity index (χ0v) is 15.6. The van der Waals surface area contributed by atoms with E-state index in [1.165, 1.54) is 0 Å². The molecule has 0 bridgehead atoms. The van der Waals surface area contributed by atoms with E-state index in [9.17, 15) is 4.79 Å². The number of benzene rings is 2. The van der Waals surface area contributed by atoms with Gasteiger partial charge in [-0.3, -0.25) is 0 Å². The van der Waals surface area contributed by atoms with Crippen LogP contribution in [0, 0.1) is 0 Å². The Morgan fingerprint density at radius 2 is 1.85 bits per heavy atom. The van der Waals surface area contributed by atoms with Gasteiger partial charge in [-0.15, -0.1) is 0 Å². The van der Waals surface area contributed by atoms with Gasteiger partial charge in [0.15, 0.2) is 0 Å². The summed E-state index contributed by atoms with van der Waals surface area (Å²) in [6, 6.07) is 14.1. The van der Waals surface area contributed by atoms with Crippen molar-refractivity contribution >= 4 is 17.6 Å². The number of amides is 2. The Morgan fingerprint density at radius 1 is 1.11 bits per heavy atom. The van der Waals surface area contributed by atoms with Crippen molar-refractivity contribution in [1.82, 2.24) is 10.4 Å². The fourth-order valence-electron chi connectivity index (χ4n) is 2.61. The fraction of sp³-hybridized carbons (Fsp3) is 0.263. The molecule has 1 heterocycles. The van der Waals surface area contributed by atoms with Crippen LogP contribution in [0.2, 0.25) is 0 Å². The van der Waals surface area contributed by atoms with E-state index in [-0.39, 0.29) is 0 Å². The number of nitrogens with zero attached hydrogens (tertiary/aromatic N) is 2. The number of oxime groups is 1. The fourth-order valence-corrected chi connectivity index (χ4v) is 2.61. The van der Waals surface area contributed by atoms with E-state index in [1.807, 2.05) is 18.2 Å². The molecule has 142 valence electrons. The Balaban J connectivity index is 1.84. The van der Waals surface area contributed by atoms with Crippen LogP contribution >= 0.6 is 0 Å². The first-order valence-corrected chi connectivity index (χ1v) is 8.36. The Labute approximate surface area is 157 Å². The van der Waals surface area contributed by atoms with Gasteiger partial charge < -0.3 is 19.6 Å². The molecular formula is C19H22N4O4. The van der Waals surface area contributed by atoms with E-state index in [2.05, 4.69) is 15.9 Å². The van der Waals surface area contributed by atoms with Gasteiger partial charge in [0.2, 0.25) is 11.6 Å². The summed E-state index contributed by atoms with van der Waals surface area (Å²) in [5.74, 6) is 1.61. The molecule has 0 radical (unpaired) electrons. The van der Waals surface area contributed by atoms with Gasteiger partial charge in [-0.25, -0.2) is 15.2 Å². The third-order valence-electron chi connectivity index (χ3n) is 4.00. The molecule has 8 heteroatoms. The Hall–Kier alpha value is -3.42. The molecule has 0 unspecified atom stereocenters. The number of amidine groups is 1. The standard InChI is InChI=1S/C19H22N4O4/c1-19(2)23(21-18(24)20-13-8-6-5-7-9-13)17(22-27-19)15-11-10-14(25-3)12-16(15)26-4/h5-12H,1-4H3,(H2,20,21,24). The van der Waals surface area contributed by atoms with Crippen molar-refractivity contribution < 1.29 is 19.1 Å². The van der Waals surface area contributed by atoms with E-state index in [1.54, 1.807) is 63.4 Å². The van der Waals surface area contributed by atoms with Gasteiger partial charge in [0.25, 0.3) is 0 Å². The normalized spacial score (nSPS) is 14.8. The first-order chi connectivity index (χ1) is 12.9. The van der Waals surface area contributed by atoms with Crippen molar-refractivity contribution in [1.29, 1.82) is 0 Å². The molecule has 2 N–H and O–H groups in total. The van der Waals surface area contributed by atoms with Crippen molar-refractivity contribution in [2.24, 2.45) is 5.16 Å². The molecule has 2 aromatic carbocycles. The molecule has 0 saturated heterocycles. The molecule has 1 aliphatic rings. The lowest BCUT2D eigenvalue weighted by Crippen LogP contribution is -2.55. The lowest BCUT2D eigenvalue weighted by Gasteiger charge is -2.31. The summed E-state index contributed by atoms with van der Waals surface area (Å²) in [6.45, 7) is 3.59. The number of para-hydroxylation sites is 1. The lowest BCUT2D eigenvalue weighted by atomic mass is 10.1. The van der Waals surface area contributed by atoms with Crippen molar-refractivity contribution in [3.63, 3.8) is 0 Å². The highest BCUT2D eigenvalue weighted by Crippen LogP contribution is 2.31. The molecule has 27 heavy (non-hydrogen) atoms. The maximum absolute atomic E-state index is 12.5. The van der Waals surface area contributed by atoms with Crippen molar-refractivity contribution in [2.45, 2.75) is 19.6 Å². The van der Waals surface area contributed by atoms with Crippen LogP contribution in [0.5, 0.6) is 11.5 Å². The van der Waals surface area contributed by atoms with Crippen LogP contribution in [0.3, 0.4) is 0 Å². The van der Waals surface area contributed by atoms with E-state index in [0.717, 1.165) is 0 Å². The smallest absolute Gasteiger partial charge is 0.338 e. The number of hydrogen-bond donors (Lipinski definition) is 2. The summed E-state index contributed by atoms with van der Waals surface area (Å²) in [5.41, 5.74) is 3.24. The largest absolute Gasteiger partial charge is 0.497 e. The number of hydrazine groups is 1. The zero-order valence-electron chi connectivity index (χ0n) is 15.6. The summed E-state index contributed by atoms with van der Waals surface area (Å²) in [4.78, 5) is 18.0. The molecule has 8 nitrogen and oxygen atoms in total. The highest BCUT2D eigenvalue weighted by Gasteiger charge is 2.40. The molecular weight excluding hydrogens is 348 g/mol. The number of carbonyl (C=O) groups excluding carboxylic acids is 1. The number of rotatable bonds is 5. The summed E-state index contributed by atoms with van der Waals surface area (Å²) in [6.07, 6.45) is 0. The second-order valence-corrected chi connectivity index (χ2v) is 6.29. The van der Waals surface area contributed by atoms with Gasteiger partial charge in [-0.05, 0) is 38.1 Å². The van der Waals surface area contributed by atoms with E-state index < -0.39 is 11.8 Å². The maximum atomic E-state index is 12.5. The average Bonchev–Trinajstić information content (AvgIpc) is 2.96. The lowest BCUT2D eigenvalue weighted by molar-refractivity contribution is -0.0805. The van der Waals surface area contributed by atoms with E-state index in [0.29, 0.717) is 28.6 Å². The minimum Gasteiger partial charge on any atom is -0.497 e. The Bertz CT molecular complexity index is 852. The van der Waals surface area contributed by atoms with Gasteiger partial charge in [0, 0.05) is 11.8 Å². The minimum absolute atomic E-state index is 0.417. The van der Waals surface area contributed by atoms with Crippen LogP contribution < -0.4 is 20.2 Å². The molecule has 1 aliphatic heterocycles. The second kappa shape index (κ2) is 7.45. The molecule has 2 aromatic rings. The highest BCUT2D eigenvalue weighted by atomic mass is 16.7. The highest BCUT2D eigenvalue weighted by molar-refractivity contribution is 6.03. The minimum atomic E-state index is -0.881. The van der Waals surface area contributed by atoms with Crippen LogP contribution in [0.25, 0.3) is 0 Å². The van der Waals surface area contributed by atoms with Crippen molar-refractivity contribution in [3.8, 4) is 11.5 Å². The van der Waals surface area contributed by atoms with Crippen LogP contribution in [-0.2, 0) is 4.84 Å². The monoisotopic (exact) mass is 370 g/mol. The second-order valence-electron chi connectivity index (χ2n) is 6.29. The van der Waals surface area contributed by atoms with Crippen LogP contribution in [-0.4, -0.2) is 36.8 Å². The first kappa shape index (κ1) is 18.4.